The summed E-state index contributed by atoms with van der Waals surface area (Å²) in [6.07, 6.45) is 5.77. The molecule has 0 aromatic carbocycles. The van der Waals surface area contributed by atoms with E-state index in [1.165, 1.54) is 0 Å². The Bertz CT molecular complexity index is 644. The van der Waals surface area contributed by atoms with Crippen LogP contribution in [0, 0.1) is 5.92 Å². The summed E-state index contributed by atoms with van der Waals surface area (Å²) in [5, 5.41) is 6.67. The van der Waals surface area contributed by atoms with Crippen LogP contribution in [0.5, 0.6) is 0 Å². The number of carbonyl (C=O) groups is 2. The summed E-state index contributed by atoms with van der Waals surface area (Å²) in [5.74, 6) is 0.589. The Morgan fingerprint density at radius 1 is 1.54 bits per heavy atom. The molecular formula is C17H24N4O3. The van der Waals surface area contributed by atoms with E-state index in [0.717, 1.165) is 12.0 Å². The zero-order chi connectivity index (χ0) is 16.9. The van der Waals surface area contributed by atoms with Gasteiger partial charge in [0, 0.05) is 25.6 Å². The molecule has 1 aromatic rings. The highest BCUT2D eigenvalue weighted by Crippen LogP contribution is 2.48. The smallest absolute Gasteiger partial charge is 0.227 e. The number of aromatic nitrogens is 2. The third-order valence-electron chi connectivity index (χ3n) is 5.76. The Morgan fingerprint density at radius 3 is 3.08 bits per heavy atom. The van der Waals surface area contributed by atoms with Crippen LogP contribution in [0.15, 0.2) is 12.4 Å². The van der Waals surface area contributed by atoms with Crippen molar-refractivity contribution in [3.05, 3.63) is 18.0 Å². The highest BCUT2D eigenvalue weighted by molar-refractivity contribution is 5.85. The van der Waals surface area contributed by atoms with Crippen LogP contribution in [0.4, 0.5) is 0 Å². The number of carbonyl (C=O) groups excluding carboxylic acids is 2. The maximum atomic E-state index is 12.7. The minimum Gasteiger partial charge on any atom is -0.351 e. The number of aryl methyl sites for hydroxylation is 1. The molecule has 0 saturated carbocycles. The number of nitrogens with zero attached hydrogens (tertiary/aromatic N) is 3. The molecule has 3 aliphatic rings. The number of likely N-dealkylation sites (tertiary alicyclic amines) is 1. The lowest BCUT2D eigenvalue weighted by Gasteiger charge is -2.34. The largest absolute Gasteiger partial charge is 0.351 e. The SMILES string of the molecule is CC(C)[C@@H]1CO[C@@]23CCN(C(=O)CCc4cn[nH]c4)[C@@H]2CC(=O)N13. The molecule has 3 aliphatic heterocycles. The van der Waals surface area contributed by atoms with Crippen molar-refractivity contribution < 1.29 is 14.3 Å². The normalized spacial score (nSPS) is 31.9. The van der Waals surface area contributed by atoms with E-state index < -0.39 is 5.72 Å². The number of rotatable bonds is 4. The predicted octanol–water partition coefficient (Wildman–Crippen LogP) is 0.927. The number of H-pyrrole nitrogens is 1. The molecule has 1 aromatic heterocycles. The first kappa shape index (κ1) is 15.6. The molecule has 4 rings (SSSR count). The van der Waals surface area contributed by atoms with Gasteiger partial charge in [-0.15, -0.1) is 0 Å². The summed E-state index contributed by atoms with van der Waals surface area (Å²) in [6, 6.07) is -0.00548. The zero-order valence-electron chi connectivity index (χ0n) is 14.2. The van der Waals surface area contributed by atoms with Gasteiger partial charge >= 0.3 is 0 Å². The summed E-state index contributed by atoms with van der Waals surface area (Å²) in [7, 11) is 0. The summed E-state index contributed by atoms with van der Waals surface area (Å²) in [5.41, 5.74) is 0.454. The topological polar surface area (TPSA) is 78.5 Å². The van der Waals surface area contributed by atoms with Gasteiger partial charge < -0.3 is 14.5 Å². The fraction of sp³-hybridized carbons (Fsp3) is 0.706. The number of amides is 2. The molecule has 7 nitrogen and oxygen atoms in total. The van der Waals surface area contributed by atoms with Crippen molar-refractivity contribution >= 4 is 11.8 Å². The van der Waals surface area contributed by atoms with E-state index in [0.29, 0.717) is 38.3 Å². The van der Waals surface area contributed by atoms with Crippen molar-refractivity contribution in [1.29, 1.82) is 0 Å². The molecule has 0 aliphatic carbocycles. The van der Waals surface area contributed by atoms with Crippen LogP contribution in [0.25, 0.3) is 0 Å². The average Bonchev–Trinajstić information content (AvgIpc) is 3.27. The van der Waals surface area contributed by atoms with Crippen molar-refractivity contribution in [2.75, 3.05) is 13.2 Å². The molecule has 3 atom stereocenters. The van der Waals surface area contributed by atoms with Gasteiger partial charge in [-0.2, -0.15) is 5.10 Å². The van der Waals surface area contributed by atoms with Gasteiger partial charge in [0.25, 0.3) is 0 Å². The Balaban J connectivity index is 1.49. The Hall–Kier alpha value is -1.89. The van der Waals surface area contributed by atoms with Gasteiger partial charge in [-0.25, -0.2) is 0 Å². The second kappa shape index (κ2) is 5.58. The van der Waals surface area contributed by atoms with Crippen LogP contribution < -0.4 is 0 Å². The van der Waals surface area contributed by atoms with E-state index >= 15 is 0 Å². The number of aromatic amines is 1. The third kappa shape index (κ3) is 2.17. The molecule has 0 radical (unpaired) electrons. The highest BCUT2D eigenvalue weighted by atomic mass is 16.5. The fourth-order valence-electron chi connectivity index (χ4n) is 4.48. The standard InChI is InChI=1S/C17H24N4O3/c1-11(2)13-10-24-17-5-6-20(14(17)7-16(23)21(13)17)15(22)4-3-12-8-18-19-9-12/h8-9,11,13-14H,3-7,10H2,1-2H3,(H,18,19)/t13-,14+,17-/m0/s1. The number of ether oxygens (including phenoxy) is 1. The Labute approximate surface area is 141 Å². The highest BCUT2D eigenvalue weighted by Gasteiger charge is 2.65. The molecule has 0 bridgehead atoms. The molecule has 3 fully saturated rings. The quantitative estimate of drug-likeness (QED) is 0.889. The first-order valence-electron chi connectivity index (χ1n) is 8.76. The number of hydrogen-bond donors (Lipinski definition) is 1. The van der Waals surface area contributed by atoms with Gasteiger partial charge in [0.2, 0.25) is 11.8 Å². The van der Waals surface area contributed by atoms with E-state index in [-0.39, 0.29) is 23.9 Å². The predicted molar refractivity (Wildman–Crippen MR) is 85.8 cm³/mol. The Morgan fingerprint density at radius 2 is 2.38 bits per heavy atom. The van der Waals surface area contributed by atoms with Crippen molar-refractivity contribution in [1.82, 2.24) is 20.0 Å². The van der Waals surface area contributed by atoms with Gasteiger partial charge in [-0.1, -0.05) is 13.8 Å². The third-order valence-corrected chi connectivity index (χ3v) is 5.76. The van der Waals surface area contributed by atoms with Crippen LogP contribution in [0.1, 0.15) is 38.7 Å². The summed E-state index contributed by atoms with van der Waals surface area (Å²) >= 11 is 0. The van der Waals surface area contributed by atoms with E-state index in [1.807, 2.05) is 16.0 Å². The first-order chi connectivity index (χ1) is 11.5. The first-order valence-corrected chi connectivity index (χ1v) is 8.76. The van der Waals surface area contributed by atoms with Crippen LogP contribution in [-0.2, 0) is 20.7 Å². The lowest BCUT2D eigenvalue weighted by Crippen LogP contribution is -2.51. The minimum atomic E-state index is -0.572. The minimum absolute atomic E-state index is 0.101. The van der Waals surface area contributed by atoms with Crippen molar-refractivity contribution in [3.63, 3.8) is 0 Å². The molecule has 7 heteroatoms. The van der Waals surface area contributed by atoms with E-state index in [9.17, 15) is 9.59 Å². The van der Waals surface area contributed by atoms with E-state index in [1.54, 1.807) is 6.20 Å². The molecule has 3 saturated heterocycles. The van der Waals surface area contributed by atoms with Crippen LogP contribution >= 0.6 is 0 Å². The lowest BCUT2D eigenvalue weighted by molar-refractivity contribution is -0.141. The molecular weight excluding hydrogens is 308 g/mol. The molecule has 1 N–H and O–H groups in total. The zero-order valence-corrected chi connectivity index (χ0v) is 14.2. The maximum Gasteiger partial charge on any atom is 0.227 e. The molecule has 2 amide bonds. The van der Waals surface area contributed by atoms with Crippen LogP contribution in [-0.4, -0.2) is 62.8 Å². The molecule has 0 unspecified atom stereocenters. The van der Waals surface area contributed by atoms with Gasteiger partial charge in [-0.05, 0) is 17.9 Å². The van der Waals surface area contributed by atoms with Gasteiger partial charge in [0.1, 0.15) is 0 Å². The second-order valence-electron chi connectivity index (χ2n) is 7.39. The van der Waals surface area contributed by atoms with Gasteiger partial charge in [0.15, 0.2) is 5.72 Å². The fourth-order valence-corrected chi connectivity index (χ4v) is 4.48. The van der Waals surface area contributed by atoms with E-state index in [4.69, 9.17) is 4.74 Å². The summed E-state index contributed by atoms with van der Waals surface area (Å²) in [6.45, 7) is 5.49. The van der Waals surface area contributed by atoms with Crippen molar-refractivity contribution in [2.45, 2.75) is 57.3 Å². The van der Waals surface area contributed by atoms with Crippen LogP contribution in [0.3, 0.4) is 0 Å². The maximum absolute atomic E-state index is 12.7. The van der Waals surface area contributed by atoms with E-state index in [2.05, 4.69) is 24.0 Å². The van der Waals surface area contributed by atoms with Crippen molar-refractivity contribution in [3.8, 4) is 0 Å². The Kier molecular flexibility index (Phi) is 3.63. The lowest BCUT2D eigenvalue weighted by atomic mass is 10.0. The second-order valence-corrected chi connectivity index (χ2v) is 7.39. The molecule has 1 spiro atoms. The van der Waals surface area contributed by atoms with Crippen molar-refractivity contribution in [2.24, 2.45) is 5.92 Å². The average molecular weight is 332 g/mol. The number of nitrogens with one attached hydrogen (secondary N) is 1. The monoisotopic (exact) mass is 332 g/mol. The molecule has 24 heavy (non-hydrogen) atoms. The van der Waals surface area contributed by atoms with Crippen LogP contribution in [0.2, 0.25) is 0 Å². The van der Waals surface area contributed by atoms with Gasteiger partial charge in [-0.3, -0.25) is 14.7 Å². The molecule has 130 valence electrons. The number of hydrogen-bond acceptors (Lipinski definition) is 4. The summed E-state index contributed by atoms with van der Waals surface area (Å²) < 4.78 is 6.16. The summed E-state index contributed by atoms with van der Waals surface area (Å²) in [4.78, 5) is 29.1. The molecule has 4 heterocycles. The van der Waals surface area contributed by atoms with Gasteiger partial charge in [0.05, 0.1) is 31.3 Å².